The van der Waals surface area contributed by atoms with Crippen molar-refractivity contribution in [3.05, 3.63) is 27.0 Å². The van der Waals surface area contributed by atoms with Gasteiger partial charge in [0.15, 0.2) is 0 Å². The van der Waals surface area contributed by atoms with Crippen LogP contribution in [0.15, 0.2) is 16.9 Å². The maximum absolute atomic E-state index is 10.9. The van der Waals surface area contributed by atoms with Crippen LogP contribution in [0.5, 0.6) is 5.75 Å². The van der Waals surface area contributed by atoms with Gasteiger partial charge in [0.2, 0.25) is 5.75 Å². The zero-order valence-electron chi connectivity index (χ0n) is 9.01. The number of nitrogens with zero attached hydrogens (tertiary/aromatic N) is 2. The van der Waals surface area contributed by atoms with Crippen LogP contribution in [0.4, 0.5) is 5.69 Å². The van der Waals surface area contributed by atoms with E-state index in [4.69, 9.17) is 10.5 Å². The van der Waals surface area contributed by atoms with Gasteiger partial charge < -0.3 is 10.5 Å². The summed E-state index contributed by atoms with van der Waals surface area (Å²) in [6.45, 7) is 0. The fourth-order valence-electron chi connectivity index (χ4n) is 1.91. The number of ether oxygens (including phenoxy) is 1. The Bertz CT molecular complexity index is 441. The molecule has 2 rings (SSSR count). The molecule has 0 saturated heterocycles. The van der Waals surface area contributed by atoms with Crippen LogP contribution >= 0.6 is 15.9 Å². The Hall–Kier alpha value is -1.21. The van der Waals surface area contributed by atoms with Gasteiger partial charge in [-0.25, -0.2) is 0 Å². The van der Waals surface area contributed by atoms with Crippen LogP contribution < -0.4 is 10.5 Å². The SMILES string of the molecule is NC1CCCC1Oc1c(Br)cncc1[N+](=O)[O-]. The van der Waals surface area contributed by atoms with Gasteiger partial charge in [-0.05, 0) is 35.2 Å². The van der Waals surface area contributed by atoms with E-state index < -0.39 is 4.92 Å². The lowest BCUT2D eigenvalue weighted by Crippen LogP contribution is -2.33. The summed E-state index contributed by atoms with van der Waals surface area (Å²) in [5, 5.41) is 10.9. The summed E-state index contributed by atoms with van der Waals surface area (Å²) in [6, 6.07) is -0.0605. The van der Waals surface area contributed by atoms with Gasteiger partial charge in [0.1, 0.15) is 12.3 Å². The third-order valence-corrected chi connectivity index (χ3v) is 3.37. The lowest BCUT2D eigenvalue weighted by Gasteiger charge is -2.18. The van der Waals surface area contributed by atoms with Gasteiger partial charge in [-0.2, -0.15) is 0 Å². The predicted octanol–water partition coefficient (Wildman–Crippen LogP) is 2.01. The average Bonchev–Trinajstić information content (AvgIpc) is 2.67. The molecule has 0 spiro atoms. The molecule has 2 atom stereocenters. The zero-order valence-corrected chi connectivity index (χ0v) is 10.6. The van der Waals surface area contributed by atoms with E-state index in [2.05, 4.69) is 20.9 Å². The summed E-state index contributed by atoms with van der Waals surface area (Å²) < 4.78 is 6.13. The van der Waals surface area contributed by atoms with Gasteiger partial charge in [0, 0.05) is 12.2 Å². The van der Waals surface area contributed by atoms with E-state index in [1.54, 1.807) is 0 Å². The van der Waals surface area contributed by atoms with Crippen LogP contribution in [0.25, 0.3) is 0 Å². The monoisotopic (exact) mass is 301 g/mol. The molecule has 17 heavy (non-hydrogen) atoms. The number of halogens is 1. The van der Waals surface area contributed by atoms with Crippen molar-refractivity contribution >= 4 is 21.6 Å². The van der Waals surface area contributed by atoms with Crippen LogP contribution in [-0.2, 0) is 0 Å². The van der Waals surface area contributed by atoms with Crippen molar-refractivity contribution in [3.63, 3.8) is 0 Å². The Morgan fingerprint density at radius 1 is 1.53 bits per heavy atom. The van der Waals surface area contributed by atoms with Crippen LogP contribution in [-0.4, -0.2) is 22.1 Å². The molecule has 0 radical (unpaired) electrons. The summed E-state index contributed by atoms with van der Waals surface area (Å²) in [5.41, 5.74) is 5.74. The van der Waals surface area contributed by atoms with Crippen molar-refractivity contribution in [1.82, 2.24) is 4.98 Å². The topological polar surface area (TPSA) is 91.3 Å². The molecular formula is C10H12BrN3O3. The first-order valence-electron chi connectivity index (χ1n) is 5.29. The average molecular weight is 302 g/mol. The third kappa shape index (κ3) is 2.55. The number of aromatic nitrogens is 1. The Labute approximate surface area is 106 Å². The summed E-state index contributed by atoms with van der Waals surface area (Å²) in [5.74, 6) is 0.215. The molecule has 1 aliphatic rings. The summed E-state index contributed by atoms with van der Waals surface area (Å²) in [7, 11) is 0. The minimum Gasteiger partial charge on any atom is -0.481 e. The summed E-state index contributed by atoms with van der Waals surface area (Å²) in [6.07, 6.45) is 5.20. The number of hydrogen-bond donors (Lipinski definition) is 1. The van der Waals surface area contributed by atoms with Gasteiger partial charge in [-0.15, -0.1) is 0 Å². The van der Waals surface area contributed by atoms with Crippen molar-refractivity contribution in [2.24, 2.45) is 5.73 Å². The van der Waals surface area contributed by atoms with E-state index in [0.29, 0.717) is 4.47 Å². The standard InChI is InChI=1S/C10H12BrN3O3/c11-6-4-13-5-8(14(15)16)10(6)17-9-3-1-2-7(9)12/h4-5,7,9H,1-3,12H2. The highest BCUT2D eigenvalue weighted by atomic mass is 79.9. The minimum atomic E-state index is -0.506. The fraction of sp³-hybridized carbons (Fsp3) is 0.500. The van der Waals surface area contributed by atoms with Crippen molar-refractivity contribution in [2.45, 2.75) is 31.4 Å². The second-order valence-electron chi connectivity index (χ2n) is 3.98. The molecule has 6 nitrogen and oxygen atoms in total. The van der Waals surface area contributed by atoms with Gasteiger partial charge in [0.25, 0.3) is 0 Å². The lowest BCUT2D eigenvalue weighted by molar-refractivity contribution is -0.386. The molecule has 1 aliphatic carbocycles. The van der Waals surface area contributed by atoms with E-state index >= 15 is 0 Å². The largest absolute Gasteiger partial charge is 0.481 e. The second kappa shape index (κ2) is 4.97. The molecule has 92 valence electrons. The predicted molar refractivity (Wildman–Crippen MR) is 64.8 cm³/mol. The van der Waals surface area contributed by atoms with Gasteiger partial charge in [-0.3, -0.25) is 15.1 Å². The first-order chi connectivity index (χ1) is 8.09. The fourth-order valence-corrected chi connectivity index (χ4v) is 2.33. The first-order valence-corrected chi connectivity index (χ1v) is 6.09. The van der Waals surface area contributed by atoms with E-state index in [0.717, 1.165) is 19.3 Å². The number of hydrogen-bond acceptors (Lipinski definition) is 5. The molecule has 0 bridgehead atoms. The minimum absolute atomic E-state index is 0.0605. The highest BCUT2D eigenvalue weighted by molar-refractivity contribution is 9.10. The summed E-state index contributed by atoms with van der Waals surface area (Å²) >= 11 is 3.21. The zero-order chi connectivity index (χ0) is 12.4. The highest BCUT2D eigenvalue weighted by Gasteiger charge is 2.29. The van der Waals surface area contributed by atoms with E-state index in [9.17, 15) is 10.1 Å². The van der Waals surface area contributed by atoms with E-state index in [-0.39, 0.29) is 23.6 Å². The van der Waals surface area contributed by atoms with Crippen molar-refractivity contribution < 1.29 is 9.66 Å². The molecule has 2 N–H and O–H groups in total. The molecule has 1 aromatic rings. The van der Waals surface area contributed by atoms with Crippen LogP contribution in [0.3, 0.4) is 0 Å². The maximum atomic E-state index is 10.9. The Morgan fingerprint density at radius 2 is 2.29 bits per heavy atom. The van der Waals surface area contributed by atoms with Gasteiger partial charge >= 0.3 is 5.69 Å². The van der Waals surface area contributed by atoms with E-state index in [1.807, 2.05) is 0 Å². The first kappa shape index (κ1) is 12.3. The molecule has 0 aromatic carbocycles. The molecule has 1 fully saturated rings. The maximum Gasteiger partial charge on any atom is 0.330 e. The quantitative estimate of drug-likeness (QED) is 0.681. The molecule has 0 amide bonds. The smallest absolute Gasteiger partial charge is 0.330 e. The van der Waals surface area contributed by atoms with Gasteiger partial charge in [-0.1, -0.05) is 0 Å². The number of nitrogens with two attached hydrogens (primary N) is 1. The number of pyridine rings is 1. The van der Waals surface area contributed by atoms with Crippen molar-refractivity contribution in [2.75, 3.05) is 0 Å². The van der Waals surface area contributed by atoms with Gasteiger partial charge in [0.05, 0.1) is 9.40 Å². The molecule has 0 aliphatic heterocycles. The molecule has 1 heterocycles. The number of rotatable bonds is 3. The Kier molecular flexibility index (Phi) is 3.58. The highest BCUT2D eigenvalue weighted by Crippen LogP contribution is 2.36. The van der Waals surface area contributed by atoms with E-state index in [1.165, 1.54) is 12.4 Å². The van der Waals surface area contributed by atoms with Crippen LogP contribution in [0.1, 0.15) is 19.3 Å². The Morgan fingerprint density at radius 3 is 2.88 bits per heavy atom. The summed E-state index contributed by atoms with van der Waals surface area (Å²) in [4.78, 5) is 14.1. The second-order valence-corrected chi connectivity index (χ2v) is 4.83. The molecule has 7 heteroatoms. The Balaban J connectivity index is 2.27. The van der Waals surface area contributed by atoms with Crippen molar-refractivity contribution in [3.8, 4) is 5.75 Å². The molecular weight excluding hydrogens is 290 g/mol. The molecule has 1 aromatic heterocycles. The van der Waals surface area contributed by atoms with Crippen molar-refractivity contribution in [1.29, 1.82) is 0 Å². The third-order valence-electron chi connectivity index (χ3n) is 2.80. The molecule has 2 unspecified atom stereocenters. The number of nitro groups is 1. The normalized spacial score (nSPS) is 23.6. The lowest BCUT2D eigenvalue weighted by atomic mass is 10.2. The van der Waals surface area contributed by atoms with Crippen LogP contribution in [0, 0.1) is 10.1 Å². The van der Waals surface area contributed by atoms with Crippen LogP contribution in [0.2, 0.25) is 0 Å². The molecule has 1 saturated carbocycles.